The van der Waals surface area contributed by atoms with Gasteiger partial charge in [0.1, 0.15) is 11.4 Å². The number of allylic oxidation sites excluding steroid dienone is 2. The number of fused-ring (bicyclic) bond motifs is 1. The standard InChI is InChI=1S/C28H27N3O2/c1-19-12-13-24(20(2)18-19)29-25-26(28(33)23-11-7-6-10-22(23)27(25)32)31-16-14-30(15-17-31)21-8-4-3-5-9-21/h3-13,18,29H,14-17H2,1-2H3. The number of nitrogens with zero attached hydrogens (tertiary/aromatic N) is 2. The summed E-state index contributed by atoms with van der Waals surface area (Å²) in [7, 11) is 0. The summed E-state index contributed by atoms with van der Waals surface area (Å²) < 4.78 is 0. The van der Waals surface area contributed by atoms with Crippen molar-refractivity contribution in [2.24, 2.45) is 0 Å². The van der Waals surface area contributed by atoms with Gasteiger partial charge in [-0.2, -0.15) is 0 Å². The Morgan fingerprint density at radius 3 is 1.97 bits per heavy atom. The smallest absolute Gasteiger partial charge is 0.212 e. The molecule has 1 heterocycles. The van der Waals surface area contributed by atoms with Crippen LogP contribution in [-0.2, 0) is 0 Å². The van der Waals surface area contributed by atoms with Gasteiger partial charge < -0.3 is 15.1 Å². The third kappa shape index (κ3) is 3.91. The third-order valence-electron chi connectivity index (χ3n) is 6.45. The van der Waals surface area contributed by atoms with Crippen LogP contribution in [0.25, 0.3) is 0 Å². The molecule has 0 amide bonds. The van der Waals surface area contributed by atoms with Crippen molar-refractivity contribution in [2.45, 2.75) is 13.8 Å². The molecule has 5 heteroatoms. The largest absolute Gasteiger partial charge is 0.368 e. The van der Waals surface area contributed by atoms with Crippen LogP contribution in [0.1, 0.15) is 31.8 Å². The molecule has 0 bridgehead atoms. The predicted octanol–water partition coefficient (Wildman–Crippen LogP) is 4.83. The highest BCUT2D eigenvalue weighted by atomic mass is 16.1. The van der Waals surface area contributed by atoms with Crippen molar-refractivity contribution >= 4 is 22.9 Å². The average molecular weight is 438 g/mol. The Hall–Kier alpha value is -3.86. The number of aryl methyl sites for hydroxylation is 2. The molecule has 0 spiro atoms. The Morgan fingerprint density at radius 2 is 1.30 bits per heavy atom. The van der Waals surface area contributed by atoms with E-state index in [0.29, 0.717) is 35.6 Å². The maximum atomic E-state index is 13.6. The molecule has 166 valence electrons. The number of para-hydroxylation sites is 1. The topological polar surface area (TPSA) is 52.6 Å². The molecule has 0 aromatic heterocycles. The normalized spacial score (nSPS) is 16.2. The maximum absolute atomic E-state index is 13.6. The summed E-state index contributed by atoms with van der Waals surface area (Å²) in [6.45, 7) is 6.96. The molecule has 2 aliphatic rings. The van der Waals surface area contributed by atoms with Crippen LogP contribution in [0.15, 0.2) is 84.2 Å². The summed E-state index contributed by atoms with van der Waals surface area (Å²) in [5, 5.41) is 3.34. The first-order valence-corrected chi connectivity index (χ1v) is 11.3. The molecule has 0 unspecified atom stereocenters. The van der Waals surface area contributed by atoms with E-state index in [1.165, 1.54) is 5.69 Å². The fraction of sp³-hybridized carbons (Fsp3) is 0.214. The summed E-state index contributed by atoms with van der Waals surface area (Å²) >= 11 is 0. The number of benzene rings is 3. The van der Waals surface area contributed by atoms with Gasteiger partial charge in [-0.1, -0.05) is 60.2 Å². The summed E-state index contributed by atoms with van der Waals surface area (Å²) in [4.78, 5) is 31.6. The first kappa shape index (κ1) is 21.0. The van der Waals surface area contributed by atoms with Crippen molar-refractivity contribution in [3.8, 4) is 0 Å². The number of rotatable bonds is 4. The zero-order valence-corrected chi connectivity index (χ0v) is 19.0. The second kappa shape index (κ2) is 8.58. The molecule has 5 rings (SSSR count). The second-order valence-electron chi connectivity index (χ2n) is 8.68. The molecule has 0 atom stereocenters. The monoisotopic (exact) mass is 437 g/mol. The van der Waals surface area contributed by atoms with E-state index in [4.69, 9.17) is 0 Å². The highest BCUT2D eigenvalue weighted by molar-refractivity contribution is 6.27. The van der Waals surface area contributed by atoms with E-state index in [1.807, 2.05) is 56.3 Å². The van der Waals surface area contributed by atoms with Crippen molar-refractivity contribution in [3.63, 3.8) is 0 Å². The van der Waals surface area contributed by atoms with Gasteiger partial charge in [-0.15, -0.1) is 0 Å². The molecule has 5 nitrogen and oxygen atoms in total. The van der Waals surface area contributed by atoms with Gasteiger partial charge in [-0.05, 0) is 37.6 Å². The van der Waals surface area contributed by atoms with Crippen LogP contribution in [0.2, 0.25) is 0 Å². The first-order chi connectivity index (χ1) is 16.0. The number of carbonyl (C=O) groups excluding carboxylic acids is 2. The number of hydrogen-bond acceptors (Lipinski definition) is 5. The number of piperazine rings is 1. The second-order valence-corrected chi connectivity index (χ2v) is 8.68. The molecule has 3 aromatic carbocycles. The van der Waals surface area contributed by atoms with E-state index in [1.54, 1.807) is 12.1 Å². The lowest BCUT2D eigenvalue weighted by molar-refractivity contribution is 0.0939. The Kier molecular flexibility index (Phi) is 5.47. The predicted molar refractivity (Wildman–Crippen MR) is 132 cm³/mol. The van der Waals surface area contributed by atoms with Crippen LogP contribution in [0.5, 0.6) is 0 Å². The van der Waals surface area contributed by atoms with Crippen molar-refractivity contribution in [1.29, 1.82) is 0 Å². The molecule has 1 aliphatic carbocycles. The minimum Gasteiger partial charge on any atom is -0.368 e. The van der Waals surface area contributed by atoms with Crippen molar-refractivity contribution in [3.05, 3.63) is 106 Å². The van der Waals surface area contributed by atoms with E-state index in [0.717, 1.165) is 29.9 Å². The van der Waals surface area contributed by atoms with Crippen LogP contribution in [0, 0.1) is 13.8 Å². The molecule has 1 saturated heterocycles. The van der Waals surface area contributed by atoms with Gasteiger partial charge >= 0.3 is 0 Å². The summed E-state index contributed by atoms with van der Waals surface area (Å²) in [5.74, 6) is -0.226. The highest BCUT2D eigenvalue weighted by Crippen LogP contribution is 2.31. The minimum atomic E-state index is -0.134. The number of Topliss-reactive ketones (excluding diaryl/α,β-unsaturated/α-hetero) is 2. The summed E-state index contributed by atoms with van der Waals surface area (Å²) in [5.41, 5.74) is 6.00. The Morgan fingerprint density at radius 1 is 0.697 bits per heavy atom. The van der Waals surface area contributed by atoms with Crippen molar-refractivity contribution in [2.75, 3.05) is 36.4 Å². The van der Waals surface area contributed by atoms with E-state index in [-0.39, 0.29) is 11.6 Å². The molecule has 0 radical (unpaired) electrons. The van der Waals surface area contributed by atoms with Gasteiger partial charge in [0, 0.05) is 48.7 Å². The lowest BCUT2D eigenvalue weighted by Crippen LogP contribution is -2.48. The number of hydrogen-bond donors (Lipinski definition) is 1. The molecule has 33 heavy (non-hydrogen) atoms. The van der Waals surface area contributed by atoms with Gasteiger partial charge in [0.05, 0.1) is 0 Å². The zero-order valence-electron chi connectivity index (χ0n) is 19.0. The Bertz CT molecular complexity index is 1260. The zero-order chi connectivity index (χ0) is 22.9. The molecule has 3 aromatic rings. The lowest BCUT2D eigenvalue weighted by atomic mass is 9.89. The number of ketones is 2. The van der Waals surface area contributed by atoms with E-state index < -0.39 is 0 Å². The van der Waals surface area contributed by atoms with Crippen LogP contribution in [0.3, 0.4) is 0 Å². The summed E-state index contributed by atoms with van der Waals surface area (Å²) in [6, 6.07) is 23.5. The molecular formula is C28H27N3O2. The maximum Gasteiger partial charge on any atom is 0.212 e. The number of carbonyl (C=O) groups is 2. The summed E-state index contributed by atoms with van der Waals surface area (Å²) in [6.07, 6.45) is 0. The minimum absolute atomic E-state index is 0.0920. The van der Waals surface area contributed by atoms with Crippen molar-refractivity contribution in [1.82, 2.24) is 4.90 Å². The third-order valence-corrected chi connectivity index (χ3v) is 6.45. The van der Waals surface area contributed by atoms with E-state index in [2.05, 4.69) is 33.3 Å². The van der Waals surface area contributed by atoms with Crippen LogP contribution >= 0.6 is 0 Å². The van der Waals surface area contributed by atoms with E-state index >= 15 is 0 Å². The van der Waals surface area contributed by atoms with Gasteiger partial charge in [0.15, 0.2) is 0 Å². The first-order valence-electron chi connectivity index (χ1n) is 11.3. The fourth-order valence-corrected chi connectivity index (χ4v) is 4.70. The van der Waals surface area contributed by atoms with Gasteiger partial charge in [0.25, 0.3) is 0 Å². The van der Waals surface area contributed by atoms with Crippen LogP contribution in [0.4, 0.5) is 11.4 Å². The van der Waals surface area contributed by atoms with Gasteiger partial charge in [-0.25, -0.2) is 0 Å². The van der Waals surface area contributed by atoms with Crippen molar-refractivity contribution < 1.29 is 9.59 Å². The molecule has 0 saturated carbocycles. The SMILES string of the molecule is Cc1ccc(NC2=C(N3CCN(c4ccccc4)CC3)C(=O)c3ccccc3C2=O)c(C)c1. The molecule has 1 N–H and O–H groups in total. The van der Waals surface area contributed by atoms with Crippen LogP contribution in [-0.4, -0.2) is 42.6 Å². The van der Waals surface area contributed by atoms with E-state index in [9.17, 15) is 9.59 Å². The lowest BCUT2D eigenvalue weighted by Gasteiger charge is -2.39. The molecule has 1 fully saturated rings. The quantitative estimate of drug-likeness (QED) is 0.634. The number of nitrogens with one attached hydrogen (secondary N) is 1. The van der Waals surface area contributed by atoms with Gasteiger partial charge in [-0.3, -0.25) is 9.59 Å². The van der Waals surface area contributed by atoms with Gasteiger partial charge in [0.2, 0.25) is 11.6 Å². The highest BCUT2D eigenvalue weighted by Gasteiger charge is 2.36. The average Bonchev–Trinajstić information content (AvgIpc) is 2.85. The fourth-order valence-electron chi connectivity index (χ4n) is 4.70. The molecule has 1 aliphatic heterocycles. The Labute approximate surface area is 194 Å². The molecular weight excluding hydrogens is 410 g/mol. The number of anilines is 2. The van der Waals surface area contributed by atoms with Crippen LogP contribution < -0.4 is 10.2 Å². The Balaban J connectivity index is 1.51.